The fourth-order valence-corrected chi connectivity index (χ4v) is 3.55. The molecule has 3 nitrogen and oxygen atoms in total. The molecule has 0 aliphatic heterocycles. The molecular weight excluding hydrogens is 368 g/mol. The quantitative estimate of drug-likeness (QED) is 0.821. The third-order valence-electron chi connectivity index (χ3n) is 2.43. The van der Waals surface area contributed by atoms with E-state index in [1.165, 1.54) is 4.88 Å². The molecule has 0 atom stereocenters. The number of aryl methyl sites for hydroxylation is 3. The molecule has 17 heavy (non-hydrogen) atoms. The molecular formula is C11H10Br2N2OS. The predicted molar refractivity (Wildman–Crippen MR) is 76.7 cm³/mol. The van der Waals surface area contributed by atoms with Gasteiger partial charge in [0.25, 0.3) is 5.56 Å². The Hall–Kier alpha value is -0.460. The van der Waals surface area contributed by atoms with Crippen molar-refractivity contribution >= 4 is 43.2 Å². The lowest BCUT2D eigenvalue weighted by Crippen LogP contribution is -2.21. The van der Waals surface area contributed by atoms with Crippen molar-refractivity contribution in [3.05, 3.63) is 47.6 Å². The van der Waals surface area contributed by atoms with Gasteiger partial charge in [0.1, 0.15) is 0 Å². The van der Waals surface area contributed by atoms with Crippen LogP contribution in [0.2, 0.25) is 0 Å². The molecule has 0 bridgehead atoms. The van der Waals surface area contributed by atoms with E-state index in [9.17, 15) is 4.79 Å². The summed E-state index contributed by atoms with van der Waals surface area (Å²) >= 11 is 8.27. The van der Waals surface area contributed by atoms with Crippen molar-refractivity contribution < 1.29 is 0 Å². The summed E-state index contributed by atoms with van der Waals surface area (Å²) in [5.41, 5.74) is 2.89. The normalized spacial score (nSPS) is 10.8. The van der Waals surface area contributed by atoms with E-state index in [1.54, 1.807) is 22.0 Å². The lowest BCUT2D eigenvalue weighted by atomic mass is 10.3. The van der Waals surface area contributed by atoms with Gasteiger partial charge < -0.3 is 4.57 Å². The van der Waals surface area contributed by atoms with Crippen LogP contribution >= 0.6 is 43.2 Å². The summed E-state index contributed by atoms with van der Waals surface area (Å²) in [6.45, 7) is 2.66. The summed E-state index contributed by atoms with van der Waals surface area (Å²) < 4.78 is 3.17. The van der Waals surface area contributed by atoms with E-state index in [-0.39, 0.29) is 5.56 Å². The molecule has 0 aromatic carbocycles. The Kier molecular flexibility index (Phi) is 4.17. The van der Waals surface area contributed by atoms with Crippen LogP contribution in [0.4, 0.5) is 0 Å². The van der Waals surface area contributed by atoms with Gasteiger partial charge >= 0.3 is 0 Å². The maximum atomic E-state index is 11.8. The summed E-state index contributed by atoms with van der Waals surface area (Å²) in [6.07, 6.45) is 2.64. The highest BCUT2D eigenvalue weighted by atomic mass is 79.9. The Bertz CT molecular complexity index is 591. The number of aromatic nitrogens is 2. The second kappa shape index (κ2) is 5.46. The zero-order valence-electron chi connectivity index (χ0n) is 9.11. The predicted octanol–water partition coefficient (Wildman–Crippen LogP) is 3.38. The van der Waals surface area contributed by atoms with Crippen molar-refractivity contribution in [2.75, 3.05) is 0 Å². The van der Waals surface area contributed by atoms with Gasteiger partial charge in [-0.25, -0.2) is 4.98 Å². The largest absolute Gasteiger partial charge is 0.313 e. The zero-order chi connectivity index (χ0) is 12.4. The Labute approximate surface area is 120 Å². The molecule has 0 aliphatic carbocycles. The average molecular weight is 378 g/mol. The van der Waals surface area contributed by atoms with Crippen molar-refractivity contribution in [2.24, 2.45) is 0 Å². The summed E-state index contributed by atoms with van der Waals surface area (Å²) in [4.78, 5) is 17.3. The van der Waals surface area contributed by atoms with Crippen molar-refractivity contribution in [1.29, 1.82) is 0 Å². The molecule has 0 amide bonds. The first-order valence-corrected chi connectivity index (χ1v) is 7.49. The van der Waals surface area contributed by atoms with E-state index in [0.29, 0.717) is 11.0 Å². The van der Waals surface area contributed by atoms with Gasteiger partial charge in [-0.15, -0.1) is 11.3 Å². The number of pyridine rings is 1. The Balaban J connectivity index is 2.20. The molecule has 0 N–H and O–H groups in total. The standard InChI is InChI=1S/C11H10Br2N2OS/c1-7-10(17-6-14-7)2-3-15-5-8(12)4-9(13)11(15)16/h4-6H,2-3H2,1H3. The molecule has 0 radical (unpaired) electrons. The molecule has 2 heterocycles. The molecule has 0 saturated heterocycles. The highest BCUT2D eigenvalue weighted by molar-refractivity contribution is 9.11. The summed E-state index contributed by atoms with van der Waals surface area (Å²) in [5, 5.41) is 0. The van der Waals surface area contributed by atoms with E-state index in [0.717, 1.165) is 16.6 Å². The lowest BCUT2D eigenvalue weighted by molar-refractivity contribution is 0.667. The monoisotopic (exact) mass is 376 g/mol. The van der Waals surface area contributed by atoms with Crippen molar-refractivity contribution in [2.45, 2.75) is 19.9 Å². The number of halogens is 2. The molecule has 2 aromatic heterocycles. The van der Waals surface area contributed by atoms with E-state index in [1.807, 2.05) is 18.6 Å². The Morgan fingerprint density at radius 2 is 2.24 bits per heavy atom. The third-order valence-corrected chi connectivity index (χ3v) is 4.43. The number of thiazole rings is 1. The van der Waals surface area contributed by atoms with Gasteiger partial charge in [0.15, 0.2) is 0 Å². The van der Waals surface area contributed by atoms with Gasteiger partial charge in [-0.1, -0.05) is 0 Å². The molecule has 0 saturated carbocycles. The molecule has 2 aromatic rings. The molecule has 90 valence electrons. The van der Waals surface area contributed by atoms with E-state index >= 15 is 0 Å². The van der Waals surface area contributed by atoms with Gasteiger partial charge in [-0.2, -0.15) is 0 Å². The second-order valence-corrected chi connectivity index (χ2v) is 6.33. The number of nitrogens with zero attached hydrogens (tertiary/aromatic N) is 2. The highest BCUT2D eigenvalue weighted by Crippen LogP contribution is 2.15. The minimum absolute atomic E-state index is 0.00429. The van der Waals surface area contributed by atoms with Crippen LogP contribution in [0, 0.1) is 6.92 Å². The van der Waals surface area contributed by atoms with Crippen LogP contribution in [-0.2, 0) is 13.0 Å². The maximum absolute atomic E-state index is 11.8. The summed E-state index contributed by atoms with van der Waals surface area (Å²) in [7, 11) is 0. The molecule has 0 unspecified atom stereocenters. The minimum Gasteiger partial charge on any atom is -0.313 e. The Morgan fingerprint density at radius 3 is 2.88 bits per heavy atom. The molecule has 0 fully saturated rings. The maximum Gasteiger partial charge on any atom is 0.264 e. The van der Waals surface area contributed by atoms with Gasteiger partial charge in [-0.3, -0.25) is 4.79 Å². The van der Waals surface area contributed by atoms with Gasteiger partial charge in [0.05, 0.1) is 15.7 Å². The summed E-state index contributed by atoms with van der Waals surface area (Å²) in [6, 6.07) is 1.76. The van der Waals surface area contributed by atoms with Crippen LogP contribution in [0.1, 0.15) is 10.6 Å². The third kappa shape index (κ3) is 3.05. The van der Waals surface area contributed by atoms with Crippen LogP contribution in [-0.4, -0.2) is 9.55 Å². The molecule has 2 rings (SSSR count). The second-order valence-electron chi connectivity index (χ2n) is 3.62. The first-order valence-electron chi connectivity index (χ1n) is 5.02. The van der Waals surface area contributed by atoms with Gasteiger partial charge in [0, 0.05) is 28.5 Å². The van der Waals surface area contributed by atoms with Crippen LogP contribution in [0.15, 0.2) is 31.5 Å². The highest BCUT2D eigenvalue weighted by Gasteiger charge is 2.05. The first kappa shape index (κ1) is 13.0. The van der Waals surface area contributed by atoms with E-state index in [4.69, 9.17) is 0 Å². The van der Waals surface area contributed by atoms with Crippen molar-refractivity contribution in [3.63, 3.8) is 0 Å². The number of rotatable bonds is 3. The van der Waals surface area contributed by atoms with Gasteiger partial charge in [0.2, 0.25) is 0 Å². The minimum atomic E-state index is -0.00429. The molecule has 0 aliphatic rings. The average Bonchev–Trinajstić information content (AvgIpc) is 2.67. The van der Waals surface area contributed by atoms with Crippen molar-refractivity contribution in [1.82, 2.24) is 9.55 Å². The number of hydrogen-bond donors (Lipinski definition) is 0. The van der Waals surface area contributed by atoms with Crippen LogP contribution in [0.3, 0.4) is 0 Å². The van der Waals surface area contributed by atoms with Crippen LogP contribution < -0.4 is 5.56 Å². The van der Waals surface area contributed by atoms with Crippen molar-refractivity contribution in [3.8, 4) is 0 Å². The SMILES string of the molecule is Cc1ncsc1CCn1cc(Br)cc(Br)c1=O. The zero-order valence-corrected chi connectivity index (χ0v) is 13.1. The summed E-state index contributed by atoms with van der Waals surface area (Å²) in [5.74, 6) is 0. The topological polar surface area (TPSA) is 34.9 Å². The first-order chi connectivity index (χ1) is 8.08. The Morgan fingerprint density at radius 1 is 1.47 bits per heavy atom. The van der Waals surface area contributed by atoms with Crippen LogP contribution in [0.5, 0.6) is 0 Å². The van der Waals surface area contributed by atoms with E-state index < -0.39 is 0 Å². The van der Waals surface area contributed by atoms with E-state index in [2.05, 4.69) is 36.8 Å². The van der Waals surface area contributed by atoms with Gasteiger partial charge in [-0.05, 0) is 44.8 Å². The smallest absolute Gasteiger partial charge is 0.264 e. The number of hydrogen-bond acceptors (Lipinski definition) is 3. The fourth-order valence-electron chi connectivity index (χ4n) is 1.52. The molecule has 0 spiro atoms. The fraction of sp³-hybridized carbons (Fsp3) is 0.273. The lowest BCUT2D eigenvalue weighted by Gasteiger charge is -2.06. The van der Waals surface area contributed by atoms with Crippen LogP contribution in [0.25, 0.3) is 0 Å². The molecule has 6 heteroatoms.